The second-order valence-electron chi connectivity index (χ2n) is 6.36. The lowest BCUT2D eigenvalue weighted by Gasteiger charge is -2.14. The molecule has 1 heterocycles. The first-order valence-corrected chi connectivity index (χ1v) is 8.56. The average Bonchev–Trinajstić information content (AvgIpc) is 3.04. The SMILES string of the molecule is Cl.O=C(CCNC(=O)c1ccc2ccccc2c1)NCC1CNCC1O. The Morgan fingerprint density at radius 1 is 1.08 bits per heavy atom. The number of fused-ring (bicyclic) bond motifs is 1. The maximum absolute atomic E-state index is 12.2. The van der Waals surface area contributed by atoms with Gasteiger partial charge in [0.2, 0.25) is 5.91 Å². The number of β-amino-alcohol motifs (C(OH)–C–C–N with tert-alkyl or cyclic N) is 1. The molecule has 0 aromatic heterocycles. The molecule has 0 spiro atoms. The Morgan fingerprint density at radius 2 is 1.85 bits per heavy atom. The quantitative estimate of drug-likeness (QED) is 0.606. The molecule has 6 nitrogen and oxygen atoms in total. The zero-order chi connectivity index (χ0) is 17.6. The van der Waals surface area contributed by atoms with Gasteiger partial charge in [-0.2, -0.15) is 0 Å². The number of halogens is 1. The number of nitrogens with one attached hydrogen (secondary N) is 3. The van der Waals surface area contributed by atoms with Crippen molar-refractivity contribution in [2.45, 2.75) is 12.5 Å². The summed E-state index contributed by atoms with van der Waals surface area (Å²) in [5, 5.41) is 20.4. The van der Waals surface area contributed by atoms with Crippen LogP contribution in [0.25, 0.3) is 10.8 Å². The number of amides is 2. The number of aliphatic hydroxyl groups excluding tert-OH is 1. The molecule has 2 aromatic rings. The lowest BCUT2D eigenvalue weighted by molar-refractivity contribution is -0.121. The van der Waals surface area contributed by atoms with Gasteiger partial charge in [-0.05, 0) is 22.9 Å². The Balaban J connectivity index is 0.00000243. The third-order valence-electron chi connectivity index (χ3n) is 4.51. The molecule has 0 saturated carbocycles. The topological polar surface area (TPSA) is 90.5 Å². The molecule has 2 unspecified atom stereocenters. The minimum absolute atomic E-state index is 0. The van der Waals surface area contributed by atoms with Crippen molar-refractivity contribution in [1.29, 1.82) is 0 Å². The molecule has 2 aromatic carbocycles. The fourth-order valence-electron chi connectivity index (χ4n) is 2.98. The van der Waals surface area contributed by atoms with Gasteiger partial charge in [0.15, 0.2) is 0 Å². The van der Waals surface area contributed by atoms with Crippen molar-refractivity contribution in [2.24, 2.45) is 5.92 Å². The van der Waals surface area contributed by atoms with Gasteiger partial charge < -0.3 is 21.1 Å². The second-order valence-corrected chi connectivity index (χ2v) is 6.36. The molecule has 0 radical (unpaired) electrons. The summed E-state index contributed by atoms with van der Waals surface area (Å²) in [6, 6.07) is 13.4. The van der Waals surface area contributed by atoms with E-state index in [1.165, 1.54) is 0 Å². The average molecular weight is 378 g/mol. The highest BCUT2D eigenvalue weighted by atomic mass is 35.5. The highest BCUT2D eigenvalue weighted by molar-refractivity contribution is 5.98. The number of rotatable bonds is 6. The van der Waals surface area contributed by atoms with E-state index in [0.29, 0.717) is 25.2 Å². The third-order valence-corrected chi connectivity index (χ3v) is 4.51. The Labute approximate surface area is 158 Å². The van der Waals surface area contributed by atoms with Crippen molar-refractivity contribution in [3.63, 3.8) is 0 Å². The minimum atomic E-state index is -0.409. The van der Waals surface area contributed by atoms with Gasteiger partial charge >= 0.3 is 0 Å². The fraction of sp³-hybridized carbons (Fsp3) is 0.368. The van der Waals surface area contributed by atoms with Crippen LogP contribution < -0.4 is 16.0 Å². The van der Waals surface area contributed by atoms with Crippen molar-refractivity contribution in [3.8, 4) is 0 Å². The predicted octanol–water partition coefficient (Wildman–Crippen LogP) is 1.08. The molecule has 26 heavy (non-hydrogen) atoms. The Kier molecular flexibility index (Phi) is 7.38. The van der Waals surface area contributed by atoms with Gasteiger partial charge in [-0.25, -0.2) is 0 Å². The van der Waals surface area contributed by atoms with Crippen LogP contribution in [0.5, 0.6) is 0 Å². The molecule has 1 aliphatic heterocycles. The Morgan fingerprint density at radius 3 is 2.58 bits per heavy atom. The molecule has 1 saturated heterocycles. The van der Waals surface area contributed by atoms with Gasteiger partial charge in [-0.1, -0.05) is 30.3 Å². The summed E-state index contributed by atoms with van der Waals surface area (Å²) in [6.45, 7) is 2.01. The summed E-state index contributed by atoms with van der Waals surface area (Å²) < 4.78 is 0. The van der Waals surface area contributed by atoms with Gasteiger partial charge in [0.1, 0.15) is 0 Å². The molecule has 4 N–H and O–H groups in total. The molecular weight excluding hydrogens is 354 g/mol. The summed E-state index contributed by atoms with van der Waals surface area (Å²) in [5.41, 5.74) is 0.583. The highest BCUT2D eigenvalue weighted by Crippen LogP contribution is 2.15. The van der Waals surface area contributed by atoms with E-state index >= 15 is 0 Å². The van der Waals surface area contributed by atoms with E-state index in [9.17, 15) is 14.7 Å². The molecule has 7 heteroatoms. The first-order valence-electron chi connectivity index (χ1n) is 8.56. The first-order chi connectivity index (χ1) is 12.1. The van der Waals surface area contributed by atoms with Crippen LogP contribution in [-0.4, -0.2) is 49.2 Å². The molecular formula is C19H24ClN3O3. The highest BCUT2D eigenvalue weighted by Gasteiger charge is 2.24. The predicted molar refractivity (Wildman–Crippen MR) is 104 cm³/mol. The smallest absolute Gasteiger partial charge is 0.251 e. The maximum atomic E-state index is 12.2. The van der Waals surface area contributed by atoms with Gasteiger partial charge in [-0.3, -0.25) is 9.59 Å². The van der Waals surface area contributed by atoms with Crippen molar-refractivity contribution in [3.05, 3.63) is 48.0 Å². The van der Waals surface area contributed by atoms with E-state index in [2.05, 4.69) is 16.0 Å². The van der Waals surface area contributed by atoms with Crippen LogP contribution >= 0.6 is 12.4 Å². The molecule has 2 amide bonds. The van der Waals surface area contributed by atoms with E-state index in [4.69, 9.17) is 0 Å². The molecule has 140 valence electrons. The van der Waals surface area contributed by atoms with Crippen LogP contribution in [0.2, 0.25) is 0 Å². The second kappa shape index (κ2) is 9.52. The fourth-order valence-corrected chi connectivity index (χ4v) is 2.98. The number of carbonyl (C=O) groups is 2. The Bertz CT molecular complexity index is 769. The van der Waals surface area contributed by atoms with Gasteiger partial charge in [0, 0.05) is 44.1 Å². The van der Waals surface area contributed by atoms with E-state index in [1.807, 2.05) is 36.4 Å². The van der Waals surface area contributed by atoms with E-state index in [0.717, 1.165) is 10.8 Å². The molecule has 1 aliphatic rings. The molecule has 0 aliphatic carbocycles. The normalized spacial score (nSPS) is 19.0. The molecule has 0 bridgehead atoms. The summed E-state index contributed by atoms with van der Waals surface area (Å²) in [7, 11) is 0. The van der Waals surface area contributed by atoms with Crippen LogP contribution in [0, 0.1) is 5.92 Å². The summed E-state index contributed by atoms with van der Waals surface area (Å²) >= 11 is 0. The molecule has 1 fully saturated rings. The van der Waals surface area contributed by atoms with Crippen LogP contribution in [-0.2, 0) is 4.79 Å². The van der Waals surface area contributed by atoms with Crippen LogP contribution in [0.4, 0.5) is 0 Å². The Hall–Kier alpha value is -2.15. The van der Waals surface area contributed by atoms with Crippen LogP contribution in [0.3, 0.4) is 0 Å². The van der Waals surface area contributed by atoms with Crippen LogP contribution in [0.15, 0.2) is 42.5 Å². The van der Waals surface area contributed by atoms with Crippen LogP contribution in [0.1, 0.15) is 16.8 Å². The number of hydrogen-bond donors (Lipinski definition) is 4. The molecule has 3 rings (SSSR count). The zero-order valence-corrected chi connectivity index (χ0v) is 15.2. The van der Waals surface area contributed by atoms with E-state index in [-0.39, 0.29) is 43.1 Å². The standard InChI is InChI=1S/C19H23N3O3.ClH/c23-17-12-20-10-16(17)11-22-18(24)7-8-21-19(25)15-6-5-13-3-1-2-4-14(13)9-15;/h1-6,9,16-17,20,23H,7-8,10-12H2,(H,21,25)(H,22,24);1H. The minimum Gasteiger partial charge on any atom is -0.391 e. The lowest BCUT2D eigenvalue weighted by atomic mass is 10.1. The largest absolute Gasteiger partial charge is 0.391 e. The van der Waals surface area contributed by atoms with Gasteiger partial charge in [0.25, 0.3) is 5.91 Å². The summed E-state index contributed by atoms with van der Waals surface area (Å²) in [5.74, 6) is -0.261. The van der Waals surface area contributed by atoms with Crippen molar-refractivity contribution in [2.75, 3.05) is 26.2 Å². The third kappa shape index (κ3) is 5.17. The first kappa shape index (κ1) is 20.2. The number of carbonyl (C=O) groups excluding carboxylic acids is 2. The van der Waals surface area contributed by atoms with E-state index in [1.54, 1.807) is 6.07 Å². The van der Waals surface area contributed by atoms with E-state index < -0.39 is 6.10 Å². The van der Waals surface area contributed by atoms with Crippen molar-refractivity contribution in [1.82, 2.24) is 16.0 Å². The number of aliphatic hydroxyl groups is 1. The summed E-state index contributed by atoms with van der Waals surface area (Å²) in [6.07, 6.45) is -0.192. The van der Waals surface area contributed by atoms with Crippen molar-refractivity contribution >= 4 is 35.0 Å². The molecule has 2 atom stereocenters. The lowest BCUT2D eigenvalue weighted by Crippen LogP contribution is -2.36. The van der Waals surface area contributed by atoms with Gasteiger partial charge in [0.05, 0.1) is 6.10 Å². The summed E-state index contributed by atoms with van der Waals surface area (Å²) in [4.78, 5) is 24.0. The van der Waals surface area contributed by atoms with Crippen molar-refractivity contribution < 1.29 is 14.7 Å². The maximum Gasteiger partial charge on any atom is 0.251 e. The zero-order valence-electron chi connectivity index (χ0n) is 14.4. The van der Waals surface area contributed by atoms with Gasteiger partial charge in [-0.15, -0.1) is 12.4 Å². The number of hydrogen-bond acceptors (Lipinski definition) is 4. The number of benzene rings is 2. The monoisotopic (exact) mass is 377 g/mol.